The predicted octanol–water partition coefficient (Wildman–Crippen LogP) is 2.34. The van der Waals surface area contributed by atoms with Gasteiger partial charge in [0.1, 0.15) is 17.5 Å². The molecule has 1 rings (SSSR count). The van der Waals surface area contributed by atoms with Crippen LogP contribution in [0.4, 0.5) is 5.69 Å². The van der Waals surface area contributed by atoms with Gasteiger partial charge in [-0.05, 0) is 25.5 Å². The molecule has 0 aliphatic rings. The van der Waals surface area contributed by atoms with Crippen LogP contribution in [0.2, 0.25) is 0 Å². The lowest BCUT2D eigenvalue weighted by atomic mass is 10.2. The SMILES string of the molecule is CCCCOc1ccc(OC)cc1NC(=O)C(C)NC(C)=O. The topological polar surface area (TPSA) is 76.7 Å². The Kier molecular flexibility index (Phi) is 7.22. The van der Waals surface area contributed by atoms with E-state index in [1.807, 2.05) is 0 Å². The monoisotopic (exact) mass is 308 g/mol. The van der Waals surface area contributed by atoms with Crippen molar-refractivity contribution in [1.29, 1.82) is 0 Å². The minimum Gasteiger partial charge on any atom is -0.497 e. The fourth-order valence-electron chi connectivity index (χ4n) is 1.80. The molecule has 0 saturated heterocycles. The van der Waals surface area contributed by atoms with Gasteiger partial charge in [-0.3, -0.25) is 9.59 Å². The minimum absolute atomic E-state index is 0.257. The Bertz CT molecular complexity index is 517. The van der Waals surface area contributed by atoms with Gasteiger partial charge in [0.05, 0.1) is 19.4 Å². The Labute approximate surface area is 131 Å². The lowest BCUT2D eigenvalue weighted by Gasteiger charge is -2.16. The molecule has 0 aliphatic carbocycles. The maximum absolute atomic E-state index is 12.1. The van der Waals surface area contributed by atoms with Crippen molar-refractivity contribution in [3.63, 3.8) is 0 Å². The summed E-state index contributed by atoms with van der Waals surface area (Å²) in [5.41, 5.74) is 0.526. The van der Waals surface area contributed by atoms with Crippen molar-refractivity contribution in [2.45, 2.75) is 39.7 Å². The maximum Gasteiger partial charge on any atom is 0.246 e. The summed E-state index contributed by atoms with van der Waals surface area (Å²) in [4.78, 5) is 23.1. The Morgan fingerprint density at radius 1 is 1.32 bits per heavy atom. The Hall–Kier alpha value is -2.24. The van der Waals surface area contributed by atoms with Gasteiger partial charge >= 0.3 is 0 Å². The van der Waals surface area contributed by atoms with Gasteiger partial charge in [-0.15, -0.1) is 0 Å². The van der Waals surface area contributed by atoms with Crippen LogP contribution in [-0.4, -0.2) is 31.6 Å². The van der Waals surface area contributed by atoms with E-state index >= 15 is 0 Å². The number of carbonyl (C=O) groups excluding carboxylic acids is 2. The Morgan fingerprint density at radius 3 is 2.64 bits per heavy atom. The summed E-state index contributed by atoms with van der Waals surface area (Å²) in [6, 6.07) is 4.59. The molecule has 1 aromatic rings. The van der Waals surface area contributed by atoms with Crippen LogP contribution in [0.3, 0.4) is 0 Å². The molecule has 0 radical (unpaired) electrons. The summed E-state index contributed by atoms with van der Waals surface area (Å²) >= 11 is 0. The fraction of sp³-hybridized carbons (Fsp3) is 0.500. The molecule has 1 aromatic carbocycles. The number of rotatable bonds is 8. The van der Waals surface area contributed by atoms with Gasteiger partial charge in [-0.2, -0.15) is 0 Å². The lowest BCUT2D eigenvalue weighted by Crippen LogP contribution is -2.40. The summed E-state index contributed by atoms with van der Waals surface area (Å²) in [7, 11) is 1.55. The average molecular weight is 308 g/mol. The van der Waals surface area contributed by atoms with Crippen molar-refractivity contribution >= 4 is 17.5 Å². The number of unbranched alkanes of at least 4 members (excludes halogenated alkanes) is 1. The Morgan fingerprint density at radius 2 is 2.05 bits per heavy atom. The van der Waals surface area contributed by atoms with E-state index in [-0.39, 0.29) is 11.8 Å². The van der Waals surface area contributed by atoms with Crippen molar-refractivity contribution in [2.75, 3.05) is 19.0 Å². The first-order chi connectivity index (χ1) is 10.5. The van der Waals surface area contributed by atoms with Gasteiger partial charge in [0.25, 0.3) is 0 Å². The van der Waals surface area contributed by atoms with Gasteiger partial charge in [0.15, 0.2) is 0 Å². The van der Waals surface area contributed by atoms with E-state index in [0.29, 0.717) is 23.8 Å². The van der Waals surface area contributed by atoms with E-state index in [1.54, 1.807) is 32.2 Å². The van der Waals surface area contributed by atoms with Crippen LogP contribution in [0.1, 0.15) is 33.6 Å². The standard InChI is InChI=1S/C16H24N2O4/c1-5-6-9-22-15-8-7-13(21-4)10-14(15)18-16(20)11(2)17-12(3)19/h7-8,10-11H,5-6,9H2,1-4H3,(H,17,19)(H,18,20). The molecule has 1 atom stereocenters. The van der Waals surface area contributed by atoms with Crippen LogP contribution in [0.15, 0.2) is 18.2 Å². The third kappa shape index (κ3) is 5.63. The summed E-state index contributed by atoms with van der Waals surface area (Å²) in [6.07, 6.45) is 1.96. The summed E-state index contributed by atoms with van der Waals surface area (Å²) in [6.45, 7) is 5.64. The average Bonchev–Trinajstić information content (AvgIpc) is 2.48. The number of hydrogen-bond donors (Lipinski definition) is 2. The molecule has 122 valence electrons. The van der Waals surface area contributed by atoms with Crippen molar-refractivity contribution in [3.8, 4) is 11.5 Å². The van der Waals surface area contributed by atoms with Crippen LogP contribution in [-0.2, 0) is 9.59 Å². The van der Waals surface area contributed by atoms with E-state index in [0.717, 1.165) is 12.8 Å². The van der Waals surface area contributed by atoms with Crippen molar-refractivity contribution < 1.29 is 19.1 Å². The van der Waals surface area contributed by atoms with Gasteiger partial charge in [0.2, 0.25) is 11.8 Å². The number of anilines is 1. The van der Waals surface area contributed by atoms with E-state index in [9.17, 15) is 9.59 Å². The van der Waals surface area contributed by atoms with Gasteiger partial charge < -0.3 is 20.1 Å². The number of amides is 2. The minimum atomic E-state index is -0.632. The van der Waals surface area contributed by atoms with E-state index in [4.69, 9.17) is 9.47 Å². The number of nitrogens with one attached hydrogen (secondary N) is 2. The molecular weight excluding hydrogens is 284 g/mol. The van der Waals surface area contributed by atoms with Crippen LogP contribution in [0.25, 0.3) is 0 Å². The second kappa shape index (κ2) is 8.92. The van der Waals surface area contributed by atoms with E-state index < -0.39 is 6.04 Å². The highest BCUT2D eigenvalue weighted by atomic mass is 16.5. The van der Waals surface area contributed by atoms with Gasteiger partial charge in [-0.25, -0.2) is 0 Å². The normalized spacial score (nSPS) is 11.5. The predicted molar refractivity (Wildman–Crippen MR) is 85.3 cm³/mol. The molecular formula is C16H24N2O4. The largest absolute Gasteiger partial charge is 0.497 e. The quantitative estimate of drug-likeness (QED) is 0.723. The molecule has 1 unspecified atom stereocenters. The summed E-state index contributed by atoms with van der Waals surface area (Å²) in [5, 5.41) is 5.30. The summed E-state index contributed by atoms with van der Waals surface area (Å²) in [5.74, 6) is 0.624. The molecule has 0 spiro atoms. The first-order valence-corrected chi connectivity index (χ1v) is 7.36. The molecule has 0 aliphatic heterocycles. The van der Waals surface area contributed by atoms with Crippen LogP contribution < -0.4 is 20.1 Å². The number of ether oxygens (including phenoxy) is 2. The molecule has 2 amide bonds. The number of benzene rings is 1. The third-order valence-corrected chi connectivity index (χ3v) is 3.01. The van der Waals surface area contributed by atoms with Crippen LogP contribution in [0, 0.1) is 0 Å². The number of hydrogen-bond acceptors (Lipinski definition) is 4. The molecule has 6 nitrogen and oxygen atoms in total. The first kappa shape index (κ1) is 17.8. The van der Waals surface area contributed by atoms with Crippen molar-refractivity contribution in [3.05, 3.63) is 18.2 Å². The second-order valence-electron chi connectivity index (χ2n) is 4.98. The summed E-state index contributed by atoms with van der Waals surface area (Å²) < 4.78 is 10.8. The maximum atomic E-state index is 12.1. The molecule has 6 heteroatoms. The molecule has 22 heavy (non-hydrogen) atoms. The fourth-order valence-corrected chi connectivity index (χ4v) is 1.80. The molecule has 0 fully saturated rings. The highest BCUT2D eigenvalue weighted by Crippen LogP contribution is 2.29. The molecule has 0 heterocycles. The first-order valence-electron chi connectivity index (χ1n) is 7.36. The lowest BCUT2D eigenvalue weighted by molar-refractivity contribution is -0.124. The highest BCUT2D eigenvalue weighted by Gasteiger charge is 2.16. The number of methoxy groups -OCH3 is 1. The molecule has 0 saturated carbocycles. The second-order valence-corrected chi connectivity index (χ2v) is 4.98. The Balaban J connectivity index is 2.84. The zero-order valence-electron chi connectivity index (χ0n) is 13.6. The third-order valence-electron chi connectivity index (χ3n) is 3.01. The molecule has 2 N–H and O–H groups in total. The van der Waals surface area contributed by atoms with Crippen LogP contribution >= 0.6 is 0 Å². The number of carbonyl (C=O) groups is 2. The van der Waals surface area contributed by atoms with E-state index in [2.05, 4.69) is 17.6 Å². The zero-order chi connectivity index (χ0) is 16.5. The smallest absolute Gasteiger partial charge is 0.246 e. The van der Waals surface area contributed by atoms with Gasteiger partial charge in [0, 0.05) is 13.0 Å². The van der Waals surface area contributed by atoms with Crippen LogP contribution in [0.5, 0.6) is 11.5 Å². The van der Waals surface area contributed by atoms with Crippen molar-refractivity contribution in [1.82, 2.24) is 5.32 Å². The zero-order valence-corrected chi connectivity index (χ0v) is 13.6. The highest BCUT2D eigenvalue weighted by molar-refractivity contribution is 5.97. The van der Waals surface area contributed by atoms with E-state index in [1.165, 1.54) is 6.92 Å². The van der Waals surface area contributed by atoms with Gasteiger partial charge in [-0.1, -0.05) is 13.3 Å². The molecule has 0 aromatic heterocycles. The molecule has 0 bridgehead atoms. The van der Waals surface area contributed by atoms with Crippen molar-refractivity contribution in [2.24, 2.45) is 0 Å².